The van der Waals surface area contributed by atoms with Crippen LogP contribution in [0, 0.1) is 11.2 Å². The van der Waals surface area contributed by atoms with E-state index in [0.29, 0.717) is 23.1 Å². The van der Waals surface area contributed by atoms with Gasteiger partial charge in [0, 0.05) is 33.8 Å². The average Bonchev–Trinajstić information content (AvgIpc) is 3.64. The maximum atomic E-state index is 16.9. The molecule has 57 heavy (non-hydrogen) atoms. The molecule has 15 heteroatoms. The largest absolute Gasteiger partial charge is 0.386 e. The zero-order valence-corrected chi connectivity index (χ0v) is 32.0. The van der Waals surface area contributed by atoms with Gasteiger partial charge in [-0.3, -0.25) is 28.1 Å². The van der Waals surface area contributed by atoms with Crippen molar-refractivity contribution in [3.63, 3.8) is 0 Å². The van der Waals surface area contributed by atoms with Crippen LogP contribution >= 0.6 is 23.2 Å². The van der Waals surface area contributed by atoms with E-state index in [1.54, 1.807) is 83.8 Å². The fourth-order valence-corrected chi connectivity index (χ4v) is 10.6. The number of primary amides is 1. The molecule has 3 unspecified atom stereocenters. The number of ether oxygens (including phenoxy) is 1. The molecule has 3 fully saturated rings. The number of fused-ring (bicyclic) bond motifs is 3. The summed E-state index contributed by atoms with van der Waals surface area (Å²) in [6.07, 6.45) is -1.04. The number of carbonyl (C=O) groups excluding carboxylic acids is 3. The predicted molar refractivity (Wildman–Crippen MR) is 206 cm³/mol. The number of anilines is 1. The number of likely N-dealkylation sites (tertiary alicyclic amines) is 1. The van der Waals surface area contributed by atoms with Crippen molar-refractivity contribution < 1.29 is 37.4 Å². The van der Waals surface area contributed by atoms with E-state index in [4.69, 9.17) is 33.7 Å². The molecule has 0 bridgehead atoms. The fourth-order valence-electron chi connectivity index (χ4n) is 10.3. The molecule has 1 aromatic heterocycles. The van der Waals surface area contributed by atoms with E-state index in [-0.39, 0.29) is 42.1 Å². The second-order valence-corrected chi connectivity index (χ2v) is 16.5. The van der Waals surface area contributed by atoms with E-state index in [2.05, 4.69) is 15.6 Å². The number of nitrogens with two attached hydrogens (primary N) is 1. The molecule has 2 spiro atoms. The van der Waals surface area contributed by atoms with Crippen LogP contribution < -0.4 is 16.4 Å². The molecule has 4 aromatic rings. The third-order valence-corrected chi connectivity index (χ3v) is 13.0. The number of rotatable bonds is 10. The Hall–Kier alpha value is -4.53. The molecule has 8 rings (SSSR count). The van der Waals surface area contributed by atoms with Crippen LogP contribution in [0.5, 0.6) is 0 Å². The first-order valence-electron chi connectivity index (χ1n) is 18.7. The van der Waals surface area contributed by atoms with Crippen LogP contribution in [0.4, 0.5) is 18.9 Å². The highest BCUT2D eigenvalue weighted by Crippen LogP contribution is 2.74. The molecular weight excluding hydrogens is 782 g/mol. The van der Waals surface area contributed by atoms with E-state index in [0.717, 1.165) is 0 Å². The maximum Gasteiger partial charge on any atom is 0.246 e. The van der Waals surface area contributed by atoms with Crippen LogP contribution in [0.15, 0.2) is 91.1 Å². The van der Waals surface area contributed by atoms with E-state index in [1.807, 2.05) is 0 Å². The number of benzene rings is 3. The molecule has 4 aliphatic rings. The Morgan fingerprint density at radius 3 is 2.28 bits per heavy atom. The van der Waals surface area contributed by atoms with Gasteiger partial charge >= 0.3 is 0 Å². The number of halogens is 5. The number of aliphatic hydroxyl groups is 1. The Morgan fingerprint density at radius 1 is 1.00 bits per heavy atom. The number of nitrogens with zero attached hydrogens (tertiary/aromatic N) is 2. The van der Waals surface area contributed by atoms with Crippen LogP contribution in [0.2, 0.25) is 10.2 Å². The number of carbonyl (C=O) groups is 3. The molecule has 2 saturated heterocycles. The molecule has 3 amide bonds. The summed E-state index contributed by atoms with van der Waals surface area (Å²) in [6, 6.07) is 20.3. The number of hydrogen-bond donors (Lipinski definition) is 4. The van der Waals surface area contributed by atoms with Crippen molar-refractivity contribution in [1.82, 2.24) is 15.2 Å². The predicted octanol–water partition coefficient (Wildman–Crippen LogP) is 6.27. The lowest BCUT2D eigenvalue weighted by atomic mass is 9.45. The molecule has 4 heterocycles. The van der Waals surface area contributed by atoms with E-state index in [1.165, 1.54) is 12.3 Å². The second kappa shape index (κ2) is 15.0. The smallest absolute Gasteiger partial charge is 0.246 e. The van der Waals surface area contributed by atoms with Crippen LogP contribution in [0.1, 0.15) is 66.0 Å². The van der Waals surface area contributed by atoms with Crippen LogP contribution in [-0.4, -0.2) is 76.4 Å². The Bertz CT molecular complexity index is 2190. The van der Waals surface area contributed by atoms with Gasteiger partial charge in [-0.2, -0.15) is 0 Å². The lowest BCUT2D eigenvalue weighted by Crippen LogP contribution is -2.72. The maximum absolute atomic E-state index is 16.9. The van der Waals surface area contributed by atoms with Gasteiger partial charge in [-0.1, -0.05) is 89.9 Å². The van der Waals surface area contributed by atoms with Crippen molar-refractivity contribution in [3.05, 3.63) is 129 Å². The topological polar surface area (TPSA) is 147 Å². The third kappa shape index (κ3) is 6.12. The van der Waals surface area contributed by atoms with Crippen molar-refractivity contribution in [3.8, 4) is 0 Å². The Morgan fingerprint density at radius 2 is 1.67 bits per heavy atom. The number of pyridine rings is 1. The molecule has 1 aliphatic carbocycles. The monoisotopic (exact) mass is 821 g/mol. The van der Waals surface area contributed by atoms with Gasteiger partial charge in [0.15, 0.2) is 11.0 Å². The summed E-state index contributed by atoms with van der Waals surface area (Å²) in [6.45, 7) is -2.25. The number of alkyl halides is 2. The Balaban J connectivity index is 1.44. The lowest BCUT2D eigenvalue weighted by Gasteiger charge is -2.63. The number of nitrogens with one attached hydrogen (secondary N) is 2. The molecule has 3 aromatic carbocycles. The molecule has 298 valence electrons. The molecule has 5 N–H and O–H groups in total. The molecule has 3 aliphatic heterocycles. The van der Waals surface area contributed by atoms with Crippen LogP contribution in [0.25, 0.3) is 0 Å². The van der Waals surface area contributed by atoms with Gasteiger partial charge in [-0.05, 0) is 66.1 Å². The number of aliphatic hydroxyl groups excluding tert-OH is 1. The summed E-state index contributed by atoms with van der Waals surface area (Å²) in [5, 5.41) is 18.4. The van der Waals surface area contributed by atoms with Crippen LogP contribution in [-0.2, 0) is 24.5 Å². The highest BCUT2D eigenvalue weighted by Gasteiger charge is 2.82. The van der Waals surface area contributed by atoms with Crippen molar-refractivity contribution >= 4 is 46.6 Å². The lowest BCUT2D eigenvalue weighted by molar-refractivity contribution is -0.166. The summed E-state index contributed by atoms with van der Waals surface area (Å²) >= 11 is 12.9. The Labute approximate surface area is 336 Å². The summed E-state index contributed by atoms with van der Waals surface area (Å²) in [5.74, 6) is -4.38. The van der Waals surface area contributed by atoms with Gasteiger partial charge < -0.3 is 26.2 Å². The molecular formula is C42H40Cl2F3N5O5. The fraction of sp³-hybridized carbons (Fsp3) is 0.381. The summed E-state index contributed by atoms with van der Waals surface area (Å²) < 4.78 is 53.1. The summed E-state index contributed by atoms with van der Waals surface area (Å²) in [7, 11) is 0. The van der Waals surface area contributed by atoms with Gasteiger partial charge in [0.2, 0.25) is 17.7 Å². The highest BCUT2D eigenvalue weighted by atomic mass is 35.5. The van der Waals surface area contributed by atoms with Gasteiger partial charge in [0.05, 0.1) is 44.2 Å². The zero-order valence-electron chi connectivity index (χ0n) is 30.5. The average molecular weight is 823 g/mol. The first-order valence-corrected chi connectivity index (χ1v) is 19.5. The minimum Gasteiger partial charge on any atom is -0.386 e. The van der Waals surface area contributed by atoms with Gasteiger partial charge in [-0.15, -0.1) is 0 Å². The number of aromatic nitrogens is 1. The van der Waals surface area contributed by atoms with Crippen LogP contribution in [0.3, 0.4) is 0 Å². The normalized spacial score (nSPS) is 27.0. The van der Waals surface area contributed by atoms with Crippen molar-refractivity contribution in [2.75, 3.05) is 25.3 Å². The quantitative estimate of drug-likeness (QED) is 0.138. The van der Waals surface area contributed by atoms with Gasteiger partial charge in [-0.25, -0.2) is 9.37 Å². The van der Waals surface area contributed by atoms with Crippen molar-refractivity contribution in [2.45, 2.75) is 72.9 Å². The first-order chi connectivity index (χ1) is 27.4. The van der Waals surface area contributed by atoms with Gasteiger partial charge in [0.1, 0.15) is 11.5 Å². The first kappa shape index (κ1) is 39.3. The highest BCUT2D eigenvalue weighted by molar-refractivity contribution is 6.31. The number of amides is 3. The minimum atomic E-state index is -1.93. The summed E-state index contributed by atoms with van der Waals surface area (Å²) in [4.78, 5) is 48.4. The molecule has 1 saturated carbocycles. The SMILES string of the molecule is NC(=O)[C@@H]1CC[C@@H](NC(=O)C2C(c3ccnc(Cl)c3F)C3(C(=O)Nc4cc(Cl)ccc43)C3(CC(CF)(CF)C3)N2[C@H](c2ccccc2)[C@@H](O)c2ccccc2)CO1. The molecule has 0 radical (unpaired) electrons. The minimum absolute atomic E-state index is 0.0775. The standard InChI is InChI=1S/C42H40Cl2F3N5O5/c43-25-11-13-28-29(17-25)51-39(56)42(28)31(27-15-16-49-36(44)32(27)47)34(38(55)50-26-12-14-30(37(48)54)57-18-26)52(41(42)19-40(20-41,21-45)22-46)33(23-7-3-1-4-8-23)35(53)24-9-5-2-6-10-24/h1-11,13,15-17,26,30-31,33-35,53H,12,14,18-22H2,(H2,48,54)(H,50,55)(H,51,56)/t26-,30+,31?,33-,34?,35+,42?/m1/s1. The zero-order chi connectivity index (χ0) is 40.3. The summed E-state index contributed by atoms with van der Waals surface area (Å²) in [5.41, 5.74) is 1.80. The van der Waals surface area contributed by atoms with E-state index in [9.17, 15) is 9.90 Å². The van der Waals surface area contributed by atoms with Crippen molar-refractivity contribution in [2.24, 2.45) is 11.1 Å². The molecule has 10 nitrogen and oxygen atoms in total. The molecule has 7 atom stereocenters. The second-order valence-electron chi connectivity index (χ2n) is 15.7. The third-order valence-electron chi connectivity index (χ3n) is 12.5. The van der Waals surface area contributed by atoms with E-state index < -0.39 is 94.7 Å². The number of hydrogen-bond acceptors (Lipinski definition) is 7. The van der Waals surface area contributed by atoms with Gasteiger partial charge in [0.25, 0.3) is 0 Å². The van der Waals surface area contributed by atoms with Crippen molar-refractivity contribution in [1.29, 1.82) is 0 Å². The van der Waals surface area contributed by atoms with E-state index >= 15 is 22.8 Å². The Kier molecular flexibility index (Phi) is 10.3.